The zero-order valence-electron chi connectivity index (χ0n) is 10.8. The van der Waals surface area contributed by atoms with Crippen molar-refractivity contribution in [3.63, 3.8) is 0 Å². The molecule has 0 bridgehead atoms. The minimum absolute atomic E-state index is 0.770. The fourth-order valence-corrected chi connectivity index (χ4v) is 3.21. The number of benzene rings is 2. The lowest BCUT2D eigenvalue weighted by molar-refractivity contribution is 0.611. The Bertz CT molecular complexity index is 875. The molecule has 20 heavy (non-hydrogen) atoms. The summed E-state index contributed by atoms with van der Waals surface area (Å²) in [7, 11) is 0. The minimum Gasteiger partial charge on any atom is -0.464 e. The van der Waals surface area contributed by atoms with Gasteiger partial charge in [0.1, 0.15) is 5.58 Å². The van der Waals surface area contributed by atoms with Crippen molar-refractivity contribution in [2.24, 2.45) is 0 Å². The minimum atomic E-state index is 0.770. The van der Waals surface area contributed by atoms with Crippen LogP contribution in [0.3, 0.4) is 0 Å². The van der Waals surface area contributed by atoms with Crippen molar-refractivity contribution in [1.29, 1.82) is 0 Å². The number of fused-ring (bicyclic) bond motifs is 2. The number of nitrogens with one attached hydrogen (secondary N) is 1. The lowest BCUT2D eigenvalue weighted by Gasteiger charge is -2.05. The SMILES string of the molecule is c1ccc2c(CNc3ccc4sccc4c3)coc2c1. The maximum atomic E-state index is 5.56. The molecule has 2 aromatic carbocycles. The topological polar surface area (TPSA) is 25.2 Å². The van der Waals surface area contributed by atoms with E-state index in [0.29, 0.717) is 0 Å². The van der Waals surface area contributed by atoms with E-state index in [9.17, 15) is 0 Å². The quantitative estimate of drug-likeness (QED) is 0.553. The van der Waals surface area contributed by atoms with Gasteiger partial charge in [-0.05, 0) is 41.1 Å². The van der Waals surface area contributed by atoms with Crippen molar-refractivity contribution >= 4 is 38.1 Å². The average Bonchev–Trinajstić information content (AvgIpc) is 3.11. The van der Waals surface area contributed by atoms with Crippen LogP contribution in [0.25, 0.3) is 21.1 Å². The van der Waals surface area contributed by atoms with Crippen molar-refractivity contribution < 1.29 is 4.42 Å². The number of hydrogen-bond donors (Lipinski definition) is 1. The van der Waals surface area contributed by atoms with E-state index in [2.05, 4.69) is 41.0 Å². The highest BCUT2D eigenvalue weighted by Gasteiger charge is 2.05. The Labute approximate surface area is 120 Å². The maximum absolute atomic E-state index is 5.56. The molecule has 0 amide bonds. The third-order valence-corrected chi connectivity index (χ3v) is 4.39. The van der Waals surface area contributed by atoms with Gasteiger partial charge in [-0.15, -0.1) is 11.3 Å². The Kier molecular flexibility index (Phi) is 2.71. The van der Waals surface area contributed by atoms with Gasteiger partial charge in [0.2, 0.25) is 0 Å². The van der Waals surface area contributed by atoms with E-state index in [1.807, 2.05) is 24.5 Å². The molecule has 3 heteroatoms. The second kappa shape index (κ2) is 4.69. The van der Waals surface area contributed by atoms with Gasteiger partial charge in [0.25, 0.3) is 0 Å². The van der Waals surface area contributed by atoms with Crippen LogP contribution in [0.4, 0.5) is 5.69 Å². The van der Waals surface area contributed by atoms with E-state index in [1.165, 1.54) is 21.0 Å². The van der Waals surface area contributed by atoms with Gasteiger partial charge in [-0.2, -0.15) is 0 Å². The molecule has 0 unspecified atom stereocenters. The van der Waals surface area contributed by atoms with Gasteiger partial charge in [0, 0.05) is 27.9 Å². The lowest BCUT2D eigenvalue weighted by atomic mass is 10.1. The number of para-hydroxylation sites is 1. The van der Waals surface area contributed by atoms with Gasteiger partial charge < -0.3 is 9.73 Å². The van der Waals surface area contributed by atoms with Crippen LogP contribution in [-0.2, 0) is 6.54 Å². The average molecular weight is 279 g/mol. The molecule has 0 saturated heterocycles. The fourth-order valence-electron chi connectivity index (χ4n) is 2.44. The summed E-state index contributed by atoms with van der Waals surface area (Å²) in [5, 5.41) is 8.06. The summed E-state index contributed by atoms with van der Waals surface area (Å²) in [4.78, 5) is 0. The van der Waals surface area contributed by atoms with Gasteiger partial charge in [-0.3, -0.25) is 0 Å². The van der Waals surface area contributed by atoms with Gasteiger partial charge in [-0.1, -0.05) is 18.2 Å². The summed E-state index contributed by atoms with van der Waals surface area (Å²) in [6.07, 6.45) is 1.83. The monoisotopic (exact) mass is 279 g/mol. The highest BCUT2D eigenvalue weighted by molar-refractivity contribution is 7.17. The van der Waals surface area contributed by atoms with Crippen molar-refractivity contribution in [2.75, 3.05) is 5.32 Å². The molecule has 4 aromatic rings. The van der Waals surface area contributed by atoms with Crippen molar-refractivity contribution in [3.8, 4) is 0 Å². The van der Waals surface area contributed by atoms with Gasteiger partial charge >= 0.3 is 0 Å². The van der Waals surface area contributed by atoms with Gasteiger partial charge in [0.05, 0.1) is 6.26 Å². The van der Waals surface area contributed by atoms with Crippen LogP contribution < -0.4 is 5.32 Å². The molecule has 1 N–H and O–H groups in total. The first kappa shape index (κ1) is 11.6. The standard InChI is InChI=1S/C17H13NOS/c1-2-4-16-15(3-1)13(11-19-16)10-18-14-5-6-17-12(9-14)7-8-20-17/h1-9,11,18H,10H2. The number of thiophene rings is 1. The van der Waals surface area contributed by atoms with Crippen LogP contribution in [0.15, 0.2) is 64.6 Å². The summed E-state index contributed by atoms with van der Waals surface area (Å²) in [5.41, 5.74) is 3.27. The van der Waals surface area contributed by atoms with Crippen LogP contribution in [0.2, 0.25) is 0 Å². The number of hydrogen-bond acceptors (Lipinski definition) is 3. The van der Waals surface area contributed by atoms with Crippen molar-refractivity contribution in [3.05, 3.63) is 65.7 Å². The van der Waals surface area contributed by atoms with Crippen LogP contribution in [0, 0.1) is 0 Å². The van der Waals surface area contributed by atoms with Crippen LogP contribution in [0.5, 0.6) is 0 Å². The molecule has 0 saturated carbocycles. The molecule has 2 aromatic heterocycles. The molecule has 0 aliphatic heterocycles. The Balaban J connectivity index is 1.60. The largest absolute Gasteiger partial charge is 0.464 e. The van der Waals surface area contributed by atoms with Gasteiger partial charge in [-0.25, -0.2) is 0 Å². The van der Waals surface area contributed by atoms with Crippen molar-refractivity contribution in [1.82, 2.24) is 0 Å². The van der Waals surface area contributed by atoms with Crippen LogP contribution in [-0.4, -0.2) is 0 Å². The maximum Gasteiger partial charge on any atom is 0.134 e. The first-order valence-corrected chi connectivity index (χ1v) is 7.44. The molecule has 2 heterocycles. The molecular formula is C17H13NOS. The van der Waals surface area contributed by atoms with Gasteiger partial charge in [0.15, 0.2) is 0 Å². The fraction of sp³-hybridized carbons (Fsp3) is 0.0588. The summed E-state index contributed by atoms with van der Waals surface area (Å²) in [6, 6.07) is 16.8. The zero-order valence-corrected chi connectivity index (χ0v) is 11.6. The predicted octanol–water partition coefficient (Wildman–Crippen LogP) is 5.26. The Morgan fingerprint density at radius 3 is 3.00 bits per heavy atom. The molecule has 0 atom stereocenters. The van der Waals surface area contributed by atoms with Crippen LogP contribution >= 0.6 is 11.3 Å². The van der Waals surface area contributed by atoms with Crippen LogP contribution in [0.1, 0.15) is 5.56 Å². The third-order valence-electron chi connectivity index (χ3n) is 3.50. The Morgan fingerprint density at radius 2 is 2.00 bits per heavy atom. The molecule has 2 nitrogen and oxygen atoms in total. The smallest absolute Gasteiger partial charge is 0.134 e. The summed E-state index contributed by atoms with van der Waals surface area (Å²) in [6.45, 7) is 0.770. The molecular weight excluding hydrogens is 266 g/mol. The molecule has 0 spiro atoms. The van der Waals surface area contributed by atoms with E-state index in [0.717, 1.165) is 17.8 Å². The second-order valence-corrected chi connectivity index (χ2v) is 5.73. The Morgan fingerprint density at radius 1 is 1.05 bits per heavy atom. The van der Waals surface area contributed by atoms with E-state index in [4.69, 9.17) is 4.42 Å². The molecule has 98 valence electrons. The highest BCUT2D eigenvalue weighted by atomic mass is 32.1. The van der Waals surface area contributed by atoms with Crippen molar-refractivity contribution in [2.45, 2.75) is 6.54 Å². The van der Waals surface area contributed by atoms with E-state index in [-0.39, 0.29) is 0 Å². The second-order valence-electron chi connectivity index (χ2n) is 4.78. The lowest BCUT2D eigenvalue weighted by Crippen LogP contribution is -1.98. The molecule has 0 fully saturated rings. The van der Waals surface area contributed by atoms with E-state index < -0.39 is 0 Å². The number of anilines is 1. The number of furan rings is 1. The first-order valence-electron chi connectivity index (χ1n) is 6.56. The molecule has 0 aliphatic rings. The third kappa shape index (κ3) is 1.96. The summed E-state index contributed by atoms with van der Waals surface area (Å²) < 4.78 is 6.88. The highest BCUT2D eigenvalue weighted by Crippen LogP contribution is 2.25. The normalized spacial score (nSPS) is 11.2. The molecule has 4 rings (SSSR count). The number of rotatable bonds is 3. The molecule has 0 radical (unpaired) electrons. The summed E-state index contributed by atoms with van der Waals surface area (Å²) in [5.74, 6) is 0. The predicted molar refractivity (Wildman–Crippen MR) is 85.4 cm³/mol. The van der Waals surface area contributed by atoms with E-state index >= 15 is 0 Å². The molecule has 0 aliphatic carbocycles. The Hall–Kier alpha value is -2.26. The first-order chi connectivity index (χ1) is 9.90. The van der Waals surface area contributed by atoms with E-state index in [1.54, 1.807) is 11.3 Å². The zero-order chi connectivity index (χ0) is 13.4. The summed E-state index contributed by atoms with van der Waals surface area (Å²) >= 11 is 1.77.